The maximum absolute atomic E-state index is 6.27. The molecule has 0 aliphatic carbocycles. The number of rotatable bonds is 4. The minimum absolute atomic E-state index is 0.0666. The van der Waals surface area contributed by atoms with Crippen LogP contribution in [-0.2, 0) is 6.42 Å². The smallest absolute Gasteiger partial charge is 0.122 e. The van der Waals surface area contributed by atoms with Gasteiger partial charge in [-0.2, -0.15) is 0 Å². The molecule has 0 aliphatic heterocycles. The first-order chi connectivity index (χ1) is 9.10. The fourth-order valence-electron chi connectivity index (χ4n) is 2.20. The van der Waals surface area contributed by atoms with Crippen LogP contribution in [0.2, 0.25) is 0 Å². The largest absolute Gasteiger partial charge is 0.496 e. The molecule has 0 amide bonds. The fraction of sp³-hybridized carbons (Fsp3) is 0.312. The van der Waals surface area contributed by atoms with Crippen LogP contribution in [0.3, 0.4) is 0 Å². The maximum atomic E-state index is 6.27. The van der Waals surface area contributed by atoms with Crippen molar-refractivity contribution in [2.45, 2.75) is 26.3 Å². The summed E-state index contributed by atoms with van der Waals surface area (Å²) in [5.41, 5.74) is 10.8. The van der Waals surface area contributed by atoms with Crippen molar-refractivity contribution in [1.29, 1.82) is 0 Å². The Morgan fingerprint density at radius 3 is 2.63 bits per heavy atom. The lowest BCUT2D eigenvalue weighted by Crippen LogP contribution is -2.14. The topological polar surface area (TPSA) is 48.1 Å². The van der Waals surface area contributed by atoms with Crippen molar-refractivity contribution < 1.29 is 4.74 Å². The molecule has 19 heavy (non-hydrogen) atoms. The average molecular weight is 256 g/mol. The van der Waals surface area contributed by atoms with Crippen LogP contribution in [0, 0.1) is 13.8 Å². The van der Waals surface area contributed by atoms with E-state index in [1.54, 1.807) is 7.11 Å². The van der Waals surface area contributed by atoms with E-state index in [1.165, 1.54) is 5.56 Å². The summed E-state index contributed by atoms with van der Waals surface area (Å²) in [5.74, 6) is 0.890. The Labute approximate surface area is 114 Å². The Morgan fingerprint density at radius 1 is 1.16 bits per heavy atom. The SMILES string of the molecule is COc1ccc(C)cc1CC(N)c1cncc(C)c1. The highest BCUT2D eigenvalue weighted by molar-refractivity contribution is 5.38. The van der Waals surface area contributed by atoms with E-state index in [-0.39, 0.29) is 6.04 Å². The molecule has 2 N–H and O–H groups in total. The zero-order valence-corrected chi connectivity index (χ0v) is 11.7. The molecule has 0 saturated heterocycles. The molecule has 100 valence electrons. The van der Waals surface area contributed by atoms with Crippen LogP contribution >= 0.6 is 0 Å². The lowest BCUT2D eigenvalue weighted by atomic mass is 9.98. The molecule has 2 rings (SSSR count). The van der Waals surface area contributed by atoms with E-state index >= 15 is 0 Å². The second kappa shape index (κ2) is 5.85. The van der Waals surface area contributed by atoms with Gasteiger partial charge >= 0.3 is 0 Å². The second-order valence-corrected chi connectivity index (χ2v) is 4.92. The molecule has 0 saturated carbocycles. The predicted octanol–water partition coefficient (Wildman–Crippen LogP) is 2.95. The highest BCUT2D eigenvalue weighted by Gasteiger charge is 2.11. The molecule has 0 fully saturated rings. The first kappa shape index (κ1) is 13.6. The van der Waals surface area contributed by atoms with E-state index < -0.39 is 0 Å². The minimum Gasteiger partial charge on any atom is -0.496 e. The molecule has 3 nitrogen and oxygen atoms in total. The van der Waals surface area contributed by atoms with Gasteiger partial charge in [-0.15, -0.1) is 0 Å². The molecule has 0 bridgehead atoms. The molecule has 1 atom stereocenters. The number of methoxy groups -OCH3 is 1. The van der Waals surface area contributed by atoms with Crippen LogP contribution < -0.4 is 10.5 Å². The Bertz CT molecular complexity index is 566. The maximum Gasteiger partial charge on any atom is 0.122 e. The van der Waals surface area contributed by atoms with Crippen molar-refractivity contribution in [3.05, 3.63) is 58.9 Å². The number of hydrogen-bond acceptors (Lipinski definition) is 3. The highest BCUT2D eigenvalue weighted by Crippen LogP contribution is 2.25. The number of nitrogens with two attached hydrogens (primary N) is 1. The van der Waals surface area contributed by atoms with Gasteiger partial charge in [-0.25, -0.2) is 0 Å². The lowest BCUT2D eigenvalue weighted by molar-refractivity contribution is 0.408. The van der Waals surface area contributed by atoms with Gasteiger partial charge in [0.15, 0.2) is 0 Å². The minimum atomic E-state index is -0.0666. The summed E-state index contributed by atoms with van der Waals surface area (Å²) in [6, 6.07) is 8.18. The molecule has 3 heteroatoms. The summed E-state index contributed by atoms with van der Waals surface area (Å²) in [4.78, 5) is 4.20. The number of aromatic nitrogens is 1. The normalized spacial score (nSPS) is 12.2. The van der Waals surface area contributed by atoms with Crippen molar-refractivity contribution in [1.82, 2.24) is 4.98 Å². The molecule has 0 radical (unpaired) electrons. The van der Waals surface area contributed by atoms with E-state index in [4.69, 9.17) is 10.5 Å². The van der Waals surface area contributed by atoms with Gasteiger partial charge in [0.1, 0.15) is 5.75 Å². The van der Waals surface area contributed by atoms with Gasteiger partial charge in [0.25, 0.3) is 0 Å². The van der Waals surface area contributed by atoms with Crippen molar-refractivity contribution in [2.75, 3.05) is 7.11 Å². The number of benzene rings is 1. The van der Waals surface area contributed by atoms with Gasteiger partial charge in [-0.3, -0.25) is 4.98 Å². The molecule has 1 aromatic carbocycles. The second-order valence-electron chi connectivity index (χ2n) is 4.92. The van der Waals surface area contributed by atoms with Gasteiger partial charge in [0.05, 0.1) is 7.11 Å². The van der Waals surface area contributed by atoms with Crippen molar-refractivity contribution >= 4 is 0 Å². The third-order valence-corrected chi connectivity index (χ3v) is 3.20. The Balaban J connectivity index is 2.23. The summed E-state index contributed by atoms with van der Waals surface area (Å²) in [6.45, 7) is 4.10. The first-order valence-corrected chi connectivity index (χ1v) is 6.41. The molecule has 1 heterocycles. The number of pyridine rings is 1. The van der Waals surface area contributed by atoms with Crippen LogP contribution in [0.1, 0.15) is 28.3 Å². The predicted molar refractivity (Wildman–Crippen MR) is 77.3 cm³/mol. The fourth-order valence-corrected chi connectivity index (χ4v) is 2.20. The van der Waals surface area contributed by atoms with Crippen molar-refractivity contribution in [2.24, 2.45) is 5.73 Å². The Kier molecular flexibility index (Phi) is 4.17. The van der Waals surface area contributed by atoms with Crippen LogP contribution in [0.25, 0.3) is 0 Å². The van der Waals surface area contributed by atoms with Gasteiger partial charge in [-0.1, -0.05) is 23.8 Å². The number of aryl methyl sites for hydroxylation is 2. The van der Waals surface area contributed by atoms with Crippen molar-refractivity contribution in [3.8, 4) is 5.75 Å². The highest BCUT2D eigenvalue weighted by atomic mass is 16.5. The quantitative estimate of drug-likeness (QED) is 0.915. The monoisotopic (exact) mass is 256 g/mol. The van der Waals surface area contributed by atoms with E-state index in [0.29, 0.717) is 0 Å². The molecular weight excluding hydrogens is 236 g/mol. The molecule has 0 aliphatic rings. The van der Waals surface area contributed by atoms with Gasteiger partial charge in [-0.05, 0) is 43.0 Å². The Hall–Kier alpha value is -1.87. The van der Waals surface area contributed by atoms with E-state index in [1.807, 2.05) is 31.5 Å². The number of nitrogens with zero attached hydrogens (tertiary/aromatic N) is 1. The van der Waals surface area contributed by atoms with Crippen LogP contribution in [0.15, 0.2) is 36.7 Å². The summed E-state index contributed by atoms with van der Waals surface area (Å²) in [6.07, 6.45) is 4.42. The van der Waals surface area contributed by atoms with Crippen molar-refractivity contribution in [3.63, 3.8) is 0 Å². The zero-order chi connectivity index (χ0) is 13.8. The number of hydrogen-bond donors (Lipinski definition) is 1. The average Bonchev–Trinajstić information content (AvgIpc) is 2.39. The van der Waals surface area contributed by atoms with Crippen LogP contribution in [0.5, 0.6) is 5.75 Å². The molecule has 2 aromatic rings. The third-order valence-electron chi connectivity index (χ3n) is 3.20. The lowest BCUT2D eigenvalue weighted by Gasteiger charge is -2.15. The van der Waals surface area contributed by atoms with Gasteiger partial charge in [0, 0.05) is 18.4 Å². The summed E-state index contributed by atoms with van der Waals surface area (Å²) >= 11 is 0. The molecule has 0 spiro atoms. The summed E-state index contributed by atoms with van der Waals surface area (Å²) < 4.78 is 5.39. The molecular formula is C16H20N2O. The number of ether oxygens (including phenoxy) is 1. The third kappa shape index (κ3) is 3.32. The summed E-state index contributed by atoms with van der Waals surface area (Å²) in [5, 5.41) is 0. The van der Waals surface area contributed by atoms with E-state index in [9.17, 15) is 0 Å². The zero-order valence-electron chi connectivity index (χ0n) is 11.7. The van der Waals surface area contributed by atoms with Gasteiger partial charge < -0.3 is 10.5 Å². The summed E-state index contributed by atoms with van der Waals surface area (Å²) in [7, 11) is 1.69. The Morgan fingerprint density at radius 2 is 1.95 bits per heavy atom. The van der Waals surface area contributed by atoms with Gasteiger partial charge in [0.2, 0.25) is 0 Å². The molecule has 1 unspecified atom stereocenters. The van der Waals surface area contributed by atoms with Crippen LogP contribution in [0.4, 0.5) is 0 Å². The molecule has 1 aromatic heterocycles. The first-order valence-electron chi connectivity index (χ1n) is 6.41. The standard InChI is InChI=1S/C16H20N2O/c1-11-4-5-16(19-3)13(6-11)8-15(17)14-7-12(2)9-18-10-14/h4-7,9-10,15H,8,17H2,1-3H3. The van der Waals surface area contributed by atoms with E-state index in [2.05, 4.69) is 24.0 Å². The van der Waals surface area contributed by atoms with Crippen LogP contribution in [-0.4, -0.2) is 12.1 Å². The van der Waals surface area contributed by atoms with E-state index in [0.717, 1.165) is 28.9 Å².